The first-order valence-corrected chi connectivity index (χ1v) is 5.01. The number of pyridine rings is 1. The van der Waals surface area contributed by atoms with E-state index in [-0.39, 0.29) is 5.69 Å². The molecule has 0 fully saturated rings. The zero-order chi connectivity index (χ0) is 12.3. The fourth-order valence-corrected chi connectivity index (χ4v) is 1.12. The quantitative estimate of drug-likeness (QED) is 0.452. The summed E-state index contributed by atoms with van der Waals surface area (Å²) in [5.41, 5.74) is 3.02. The molecule has 1 heterocycles. The highest BCUT2D eigenvalue weighted by Gasteiger charge is 2.19. The lowest BCUT2D eigenvalue weighted by atomic mass is 10.2. The molecule has 0 aliphatic carbocycles. The number of carbonyl (C=O) groups is 1. The summed E-state index contributed by atoms with van der Waals surface area (Å²) >= 11 is 0. The van der Waals surface area contributed by atoms with E-state index in [9.17, 15) is 4.79 Å². The van der Waals surface area contributed by atoms with Crippen molar-refractivity contribution in [3.63, 3.8) is 0 Å². The number of nitrogens with two attached hydrogens (primary N) is 1. The Balaban J connectivity index is 2.93. The molecule has 5 heteroatoms. The molecule has 3 N–H and O–H groups in total. The van der Waals surface area contributed by atoms with Gasteiger partial charge in [-0.3, -0.25) is 0 Å². The molecule has 1 aromatic rings. The number of hydrogen-bond donors (Lipinski definition) is 2. The summed E-state index contributed by atoms with van der Waals surface area (Å²) in [6.45, 7) is 7.27. The van der Waals surface area contributed by atoms with E-state index < -0.39 is 11.6 Å². The Hall–Kier alpha value is -1.62. The van der Waals surface area contributed by atoms with Gasteiger partial charge in [0, 0.05) is 0 Å². The van der Waals surface area contributed by atoms with Crippen molar-refractivity contribution in [2.45, 2.75) is 33.3 Å². The van der Waals surface area contributed by atoms with Crippen LogP contribution in [0.2, 0.25) is 0 Å². The zero-order valence-corrected chi connectivity index (χ0v) is 10.00. The largest absolute Gasteiger partial charge is 0.455 e. The van der Waals surface area contributed by atoms with Crippen molar-refractivity contribution >= 4 is 11.8 Å². The Kier molecular flexibility index (Phi) is 3.49. The number of rotatable bonds is 2. The molecule has 1 rings (SSSR count). The third-order valence-corrected chi connectivity index (χ3v) is 1.84. The lowest BCUT2D eigenvalue weighted by Gasteiger charge is -2.19. The number of anilines is 1. The Labute approximate surface area is 95.0 Å². The molecule has 0 unspecified atom stereocenters. The molecule has 0 radical (unpaired) electrons. The summed E-state index contributed by atoms with van der Waals surface area (Å²) in [6.07, 6.45) is 0. The summed E-state index contributed by atoms with van der Waals surface area (Å²) in [7, 11) is 0. The standard InChI is InChI=1S/C11H17N3O2/c1-7-5-6-8(13-9(7)14-12)10(15)16-11(2,3)4/h5-6H,12H2,1-4H3,(H,13,14). The van der Waals surface area contributed by atoms with E-state index in [0.29, 0.717) is 5.82 Å². The second-order valence-corrected chi connectivity index (χ2v) is 4.51. The van der Waals surface area contributed by atoms with Gasteiger partial charge in [0.05, 0.1) is 0 Å². The van der Waals surface area contributed by atoms with Crippen LogP contribution in [0.25, 0.3) is 0 Å². The Morgan fingerprint density at radius 3 is 2.56 bits per heavy atom. The molecular weight excluding hydrogens is 206 g/mol. The third kappa shape index (κ3) is 3.20. The first kappa shape index (κ1) is 12.4. The topological polar surface area (TPSA) is 77.2 Å². The maximum Gasteiger partial charge on any atom is 0.357 e. The van der Waals surface area contributed by atoms with Crippen LogP contribution in [0.3, 0.4) is 0 Å². The van der Waals surface area contributed by atoms with Gasteiger partial charge in [-0.25, -0.2) is 15.6 Å². The summed E-state index contributed by atoms with van der Waals surface area (Å²) in [6, 6.07) is 3.38. The number of aromatic nitrogens is 1. The van der Waals surface area contributed by atoms with Crippen molar-refractivity contribution in [3.05, 3.63) is 23.4 Å². The van der Waals surface area contributed by atoms with Crippen molar-refractivity contribution in [1.29, 1.82) is 0 Å². The Bertz CT molecular complexity index is 397. The van der Waals surface area contributed by atoms with E-state index in [1.807, 2.05) is 6.92 Å². The molecule has 0 bridgehead atoms. The van der Waals surface area contributed by atoms with Gasteiger partial charge in [0.2, 0.25) is 0 Å². The fraction of sp³-hybridized carbons (Fsp3) is 0.455. The molecule has 0 aromatic carbocycles. The summed E-state index contributed by atoms with van der Waals surface area (Å²) in [4.78, 5) is 15.8. The second kappa shape index (κ2) is 4.49. The number of hydrogen-bond acceptors (Lipinski definition) is 5. The first-order valence-electron chi connectivity index (χ1n) is 5.01. The van der Waals surface area contributed by atoms with E-state index in [4.69, 9.17) is 10.6 Å². The van der Waals surface area contributed by atoms with Crippen molar-refractivity contribution in [2.75, 3.05) is 5.43 Å². The van der Waals surface area contributed by atoms with E-state index >= 15 is 0 Å². The van der Waals surface area contributed by atoms with E-state index in [1.165, 1.54) is 0 Å². The highest BCUT2D eigenvalue weighted by Crippen LogP contribution is 2.14. The molecule has 16 heavy (non-hydrogen) atoms. The van der Waals surface area contributed by atoms with Gasteiger partial charge < -0.3 is 10.2 Å². The predicted octanol–water partition coefficient (Wildman–Crippen LogP) is 1.63. The lowest BCUT2D eigenvalue weighted by Crippen LogP contribution is -2.25. The molecule has 0 amide bonds. The second-order valence-electron chi connectivity index (χ2n) is 4.51. The number of esters is 1. The van der Waals surface area contributed by atoms with Crippen LogP contribution < -0.4 is 11.3 Å². The van der Waals surface area contributed by atoms with Gasteiger partial charge in [-0.15, -0.1) is 0 Å². The molecule has 0 saturated heterocycles. The van der Waals surface area contributed by atoms with Gasteiger partial charge in [0.25, 0.3) is 0 Å². The third-order valence-electron chi connectivity index (χ3n) is 1.84. The Morgan fingerprint density at radius 2 is 2.06 bits per heavy atom. The van der Waals surface area contributed by atoms with Crippen LogP contribution in [0.4, 0.5) is 5.82 Å². The molecule has 5 nitrogen and oxygen atoms in total. The van der Waals surface area contributed by atoms with Crippen molar-refractivity contribution < 1.29 is 9.53 Å². The molecule has 1 aromatic heterocycles. The number of nitrogens with one attached hydrogen (secondary N) is 1. The molecule has 0 spiro atoms. The van der Waals surface area contributed by atoms with Gasteiger partial charge in [-0.2, -0.15) is 0 Å². The van der Waals surface area contributed by atoms with Crippen molar-refractivity contribution in [3.8, 4) is 0 Å². The summed E-state index contributed by atoms with van der Waals surface area (Å²) < 4.78 is 5.19. The van der Waals surface area contributed by atoms with Gasteiger partial charge in [0.1, 0.15) is 11.4 Å². The van der Waals surface area contributed by atoms with Gasteiger partial charge in [0.15, 0.2) is 5.69 Å². The average Bonchev–Trinajstić information content (AvgIpc) is 2.15. The van der Waals surface area contributed by atoms with Crippen LogP contribution in [0.15, 0.2) is 12.1 Å². The normalized spacial score (nSPS) is 11.1. The van der Waals surface area contributed by atoms with Crippen LogP contribution >= 0.6 is 0 Å². The van der Waals surface area contributed by atoms with Gasteiger partial charge >= 0.3 is 5.97 Å². The van der Waals surface area contributed by atoms with Gasteiger partial charge in [-0.05, 0) is 39.3 Å². The molecule has 0 aliphatic rings. The van der Waals surface area contributed by atoms with Crippen LogP contribution in [-0.4, -0.2) is 16.6 Å². The van der Waals surface area contributed by atoms with E-state index in [1.54, 1.807) is 32.9 Å². The summed E-state index contributed by atoms with van der Waals surface area (Å²) in [5.74, 6) is 5.30. The van der Waals surface area contributed by atoms with Crippen LogP contribution in [-0.2, 0) is 4.74 Å². The number of hydrazine groups is 1. The Morgan fingerprint density at radius 1 is 1.44 bits per heavy atom. The zero-order valence-electron chi connectivity index (χ0n) is 10.00. The van der Waals surface area contributed by atoms with E-state index in [2.05, 4.69) is 10.4 Å². The molecule has 0 aliphatic heterocycles. The minimum atomic E-state index is -0.528. The molecule has 0 saturated carbocycles. The number of ether oxygens (including phenoxy) is 1. The number of carbonyl (C=O) groups excluding carboxylic acids is 1. The maximum atomic E-state index is 11.7. The number of aryl methyl sites for hydroxylation is 1. The van der Waals surface area contributed by atoms with Crippen molar-refractivity contribution in [2.24, 2.45) is 5.84 Å². The number of nitrogen functional groups attached to an aromatic ring is 1. The minimum Gasteiger partial charge on any atom is -0.455 e. The SMILES string of the molecule is Cc1ccc(C(=O)OC(C)(C)C)nc1NN. The van der Waals surface area contributed by atoms with Crippen molar-refractivity contribution in [1.82, 2.24) is 4.98 Å². The minimum absolute atomic E-state index is 0.244. The average molecular weight is 223 g/mol. The maximum absolute atomic E-state index is 11.7. The lowest BCUT2D eigenvalue weighted by molar-refractivity contribution is 0.00630. The first-order chi connectivity index (χ1) is 7.33. The van der Waals surface area contributed by atoms with Crippen LogP contribution in [0, 0.1) is 6.92 Å². The highest BCUT2D eigenvalue weighted by atomic mass is 16.6. The highest BCUT2D eigenvalue weighted by molar-refractivity contribution is 5.88. The number of nitrogens with zero attached hydrogens (tertiary/aromatic N) is 1. The molecule has 88 valence electrons. The summed E-state index contributed by atoms with van der Waals surface area (Å²) in [5, 5.41) is 0. The van der Waals surface area contributed by atoms with Gasteiger partial charge in [-0.1, -0.05) is 6.07 Å². The monoisotopic (exact) mass is 223 g/mol. The molecular formula is C11H17N3O2. The molecule has 0 atom stereocenters. The fourth-order valence-electron chi connectivity index (χ4n) is 1.12. The predicted molar refractivity (Wildman–Crippen MR) is 62.0 cm³/mol. The van der Waals surface area contributed by atoms with Crippen LogP contribution in [0.1, 0.15) is 36.8 Å². The van der Waals surface area contributed by atoms with Crippen LogP contribution in [0.5, 0.6) is 0 Å². The smallest absolute Gasteiger partial charge is 0.357 e. The van der Waals surface area contributed by atoms with E-state index in [0.717, 1.165) is 5.56 Å².